The lowest BCUT2D eigenvalue weighted by Gasteiger charge is -2.15. The molecule has 3 nitrogen and oxygen atoms in total. The highest BCUT2D eigenvalue weighted by Crippen LogP contribution is 2.16. The zero-order valence-electron chi connectivity index (χ0n) is 6.51. The van der Waals surface area contributed by atoms with Crippen molar-refractivity contribution in [1.82, 2.24) is 4.99 Å². The summed E-state index contributed by atoms with van der Waals surface area (Å²) in [7, 11) is 0. The van der Waals surface area contributed by atoms with Gasteiger partial charge in [0.15, 0.2) is 0 Å². The van der Waals surface area contributed by atoms with Crippen molar-refractivity contribution in [3.63, 3.8) is 0 Å². The van der Waals surface area contributed by atoms with Gasteiger partial charge in [0.05, 0.1) is 6.10 Å². The first kappa shape index (κ1) is 7.43. The van der Waals surface area contributed by atoms with Crippen LogP contribution in [0, 0.1) is 5.92 Å². The molecule has 0 fully saturated rings. The topological polar surface area (TPSA) is 40.4 Å². The molecule has 61 valence electrons. The van der Waals surface area contributed by atoms with Gasteiger partial charge in [-0.1, -0.05) is 24.3 Å². The van der Waals surface area contributed by atoms with E-state index in [1.807, 2.05) is 24.3 Å². The molecule has 1 radical (unpaired) electrons. The third kappa shape index (κ3) is 1.23. The highest BCUT2D eigenvalue weighted by Gasteiger charge is 2.35. The second kappa shape index (κ2) is 3.03. The number of nitrogens with zero attached hydrogens (tertiary/aromatic N) is 1. The highest BCUT2D eigenvalue weighted by atomic mass is 16.5. The lowest BCUT2D eigenvalue weighted by atomic mass is 9.97. The third-order valence-corrected chi connectivity index (χ3v) is 1.95. The minimum absolute atomic E-state index is 0.113. The van der Waals surface area contributed by atoms with Gasteiger partial charge in [-0.2, -0.15) is 0 Å². The molecular weight excluding hydrogens is 154 g/mol. The maximum absolute atomic E-state index is 11.3. The Bertz CT molecular complexity index is 278. The zero-order valence-corrected chi connectivity index (χ0v) is 6.51. The zero-order chi connectivity index (χ0) is 8.39. The van der Waals surface area contributed by atoms with Gasteiger partial charge >= 0.3 is 5.91 Å². The fourth-order valence-electron chi connectivity index (χ4n) is 1.34. The van der Waals surface area contributed by atoms with Crippen LogP contribution in [-0.2, 0) is 9.53 Å². The molecule has 1 heterocycles. The van der Waals surface area contributed by atoms with E-state index in [-0.39, 0.29) is 17.9 Å². The second-order valence-electron chi connectivity index (χ2n) is 2.74. The Morgan fingerprint density at radius 3 is 3.17 bits per heavy atom. The summed E-state index contributed by atoms with van der Waals surface area (Å²) in [5, 5.41) is 0. The van der Waals surface area contributed by atoms with E-state index in [9.17, 15) is 4.79 Å². The first-order valence-electron chi connectivity index (χ1n) is 3.91. The van der Waals surface area contributed by atoms with Gasteiger partial charge in [0, 0.05) is 0 Å². The van der Waals surface area contributed by atoms with Gasteiger partial charge < -0.3 is 4.74 Å². The minimum Gasteiger partial charge on any atom is -0.362 e. The molecule has 2 unspecified atom stereocenters. The Kier molecular flexibility index (Phi) is 1.87. The molecule has 0 saturated heterocycles. The van der Waals surface area contributed by atoms with E-state index in [1.165, 1.54) is 6.21 Å². The lowest BCUT2D eigenvalue weighted by molar-refractivity contribution is -0.123. The Morgan fingerprint density at radius 1 is 1.42 bits per heavy atom. The Balaban J connectivity index is 2.26. The van der Waals surface area contributed by atoms with E-state index in [0.717, 1.165) is 0 Å². The summed E-state index contributed by atoms with van der Waals surface area (Å²) in [6, 6.07) is 0. The van der Waals surface area contributed by atoms with Crippen LogP contribution in [-0.4, -0.2) is 24.8 Å². The van der Waals surface area contributed by atoms with Crippen molar-refractivity contribution < 1.29 is 9.53 Å². The molecule has 1 aliphatic carbocycles. The second-order valence-corrected chi connectivity index (χ2v) is 2.74. The summed E-state index contributed by atoms with van der Waals surface area (Å²) in [5.74, 6) is -0.327. The molecule has 0 N–H and O–H groups in total. The largest absolute Gasteiger partial charge is 0.460 e. The van der Waals surface area contributed by atoms with Crippen LogP contribution in [0.1, 0.15) is 0 Å². The smallest absolute Gasteiger partial charge is 0.362 e. The molecule has 0 aromatic heterocycles. The van der Waals surface area contributed by atoms with E-state index < -0.39 is 0 Å². The number of fused-ring (bicyclic) bond motifs is 1. The number of hydrogen-bond donors (Lipinski definition) is 0. The Morgan fingerprint density at radius 2 is 2.25 bits per heavy atom. The Hall–Kier alpha value is -1.22. The van der Waals surface area contributed by atoms with Gasteiger partial charge in [0.2, 0.25) is 6.21 Å². The molecule has 0 saturated carbocycles. The summed E-state index contributed by atoms with van der Waals surface area (Å²) < 4.78 is 5.37. The summed E-state index contributed by atoms with van der Waals surface area (Å²) >= 11 is 0. The third-order valence-electron chi connectivity index (χ3n) is 1.95. The first-order chi connectivity index (χ1) is 5.88. The molecule has 2 rings (SSSR count). The van der Waals surface area contributed by atoms with Crippen LogP contribution < -0.4 is 4.99 Å². The first-order valence-corrected chi connectivity index (χ1v) is 3.91. The quantitative estimate of drug-likeness (QED) is 0.506. The molecule has 12 heavy (non-hydrogen) atoms. The average Bonchev–Trinajstić information content (AvgIpc) is 2.29. The van der Waals surface area contributed by atoms with Gasteiger partial charge in [0.1, 0.15) is 17.5 Å². The number of hydrogen-bond acceptors (Lipinski definition) is 2. The van der Waals surface area contributed by atoms with Crippen LogP contribution in [0.2, 0.25) is 0 Å². The molecular formula is C9H9NO2+. The van der Waals surface area contributed by atoms with Crippen LogP contribution in [0.4, 0.5) is 0 Å². The van der Waals surface area contributed by atoms with Crippen LogP contribution in [0.3, 0.4) is 0 Å². The van der Waals surface area contributed by atoms with Gasteiger partial charge in [-0.3, -0.25) is 0 Å². The normalized spacial score (nSPS) is 33.2. The number of amides is 1. The van der Waals surface area contributed by atoms with Crippen molar-refractivity contribution >= 4 is 12.1 Å². The molecule has 3 heteroatoms. The molecule has 2 aliphatic rings. The van der Waals surface area contributed by atoms with Crippen molar-refractivity contribution in [3.05, 3.63) is 24.3 Å². The molecule has 1 aliphatic heterocycles. The maximum Gasteiger partial charge on any atom is 0.460 e. The number of carbonyl (C=O) groups excluding carboxylic acids is 1. The molecule has 0 aromatic carbocycles. The monoisotopic (exact) mass is 163 g/mol. The average molecular weight is 163 g/mol. The van der Waals surface area contributed by atoms with Crippen LogP contribution in [0.5, 0.6) is 0 Å². The predicted octanol–water partition coefficient (Wildman–Crippen LogP) is 0.0606. The van der Waals surface area contributed by atoms with Crippen molar-refractivity contribution in [2.75, 3.05) is 6.61 Å². The summed E-state index contributed by atoms with van der Waals surface area (Å²) in [6.07, 6.45) is 8.85. The predicted molar refractivity (Wildman–Crippen MR) is 44.7 cm³/mol. The van der Waals surface area contributed by atoms with Gasteiger partial charge in [-0.15, -0.1) is 0 Å². The van der Waals surface area contributed by atoms with Gasteiger partial charge in [0.25, 0.3) is 0 Å². The van der Waals surface area contributed by atoms with Crippen molar-refractivity contribution in [2.45, 2.75) is 6.10 Å². The SMILES string of the molecule is O=C1[N+]=CCOC2C=CC=CC12. The van der Waals surface area contributed by atoms with Gasteiger partial charge in [-0.05, 0) is 0 Å². The highest BCUT2D eigenvalue weighted by molar-refractivity contribution is 5.87. The molecule has 0 bridgehead atoms. The molecule has 0 aromatic rings. The molecule has 0 spiro atoms. The van der Waals surface area contributed by atoms with Crippen LogP contribution in [0.25, 0.3) is 0 Å². The number of rotatable bonds is 0. The van der Waals surface area contributed by atoms with Crippen LogP contribution in [0.15, 0.2) is 24.3 Å². The Labute approximate surface area is 70.4 Å². The number of ether oxygens (including phenoxy) is 1. The van der Waals surface area contributed by atoms with E-state index in [2.05, 4.69) is 4.99 Å². The van der Waals surface area contributed by atoms with Crippen molar-refractivity contribution in [3.8, 4) is 0 Å². The molecule has 2 atom stereocenters. The van der Waals surface area contributed by atoms with Crippen molar-refractivity contribution in [2.24, 2.45) is 5.92 Å². The fraction of sp³-hybridized carbons (Fsp3) is 0.333. The van der Waals surface area contributed by atoms with E-state index in [0.29, 0.717) is 6.61 Å². The standard InChI is InChI=1S/C9H9NO2/c11-9-7-3-1-2-4-8(7)12-6-5-10-9/h1-5,7-8H,6H2/q+1. The maximum atomic E-state index is 11.3. The summed E-state index contributed by atoms with van der Waals surface area (Å²) in [5.41, 5.74) is 0. The van der Waals surface area contributed by atoms with Crippen LogP contribution >= 0.6 is 0 Å². The van der Waals surface area contributed by atoms with Crippen molar-refractivity contribution in [1.29, 1.82) is 0 Å². The van der Waals surface area contributed by atoms with E-state index in [1.54, 1.807) is 0 Å². The minimum atomic E-state index is -0.214. The number of carbonyl (C=O) groups is 1. The van der Waals surface area contributed by atoms with Gasteiger partial charge in [-0.25, -0.2) is 4.79 Å². The van der Waals surface area contributed by atoms with E-state index >= 15 is 0 Å². The number of aliphatic imine (C=N–C) groups is 1. The fourth-order valence-corrected chi connectivity index (χ4v) is 1.34. The number of allylic oxidation sites excluding steroid dienone is 2. The summed E-state index contributed by atoms with van der Waals surface area (Å²) in [6.45, 7) is 0.422. The molecule has 1 amide bonds. The summed E-state index contributed by atoms with van der Waals surface area (Å²) in [4.78, 5) is 15.0. The van der Waals surface area contributed by atoms with E-state index in [4.69, 9.17) is 4.74 Å². The lowest BCUT2D eigenvalue weighted by Crippen LogP contribution is -2.28.